The van der Waals surface area contributed by atoms with E-state index < -0.39 is 5.60 Å². The Kier molecular flexibility index (Phi) is 6.25. The molecule has 4 aliphatic rings. The maximum atomic E-state index is 12.2. The first-order chi connectivity index (χ1) is 15.0. The molecule has 0 saturated heterocycles. The summed E-state index contributed by atoms with van der Waals surface area (Å²) < 4.78 is 5.09. The van der Waals surface area contributed by atoms with Gasteiger partial charge in [-0.1, -0.05) is 43.3 Å². The molecule has 2 saturated carbocycles. The Balaban J connectivity index is 1.63. The molecule has 1 N–H and O–H groups in total. The van der Waals surface area contributed by atoms with Gasteiger partial charge < -0.3 is 9.84 Å². The van der Waals surface area contributed by atoms with E-state index in [-0.39, 0.29) is 44.8 Å². The molecule has 0 aromatic rings. The Morgan fingerprint density at radius 2 is 2.00 bits per heavy atom. The third-order valence-corrected chi connectivity index (χ3v) is 10.2. The molecule has 0 aromatic carbocycles. The second-order valence-electron chi connectivity index (χ2n) is 10.8. The second-order valence-corrected chi connectivity index (χ2v) is 12.2. The third-order valence-electron chi connectivity index (χ3n) is 9.11. The monoisotopic (exact) mass is 460 g/mol. The summed E-state index contributed by atoms with van der Waals surface area (Å²) in [6, 6.07) is 0. The van der Waals surface area contributed by atoms with Gasteiger partial charge in [0.2, 0.25) is 0 Å². The van der Waals surface area contributed by atoms with Crippen LogP contribution in [0, 0.1) is 28.6 Å². The van der Waals surface area contributed by atoms with Crippen LogP contribution in [0.5, 0.6) is 0 Å². The van der Waals surface area contributed by atoms with Gasteiger partial charge in [0.25, 0.3) is 0 Å². The lowest BCUT2D eigenvalue weighted by atomic mass is 9.46. The van der Waals surface area contributed by atoms with Crippen molar-refractivity contribution in [2.75, 3.05) is 6.61 Å². The Labute approximate surface area is 195 Å². The van der Waals surface area contributed by atoms with E-state index in [0.717, 1.165) is 25.7 Å². The summed E-state index contributed by atoms with van der Waals surface area (Å²) in [6.45, 7) is 7.88. The first-order valence-corrected chi connectivity index (χ1v) is 12.8. The molecule has 0 amide bonds. The fourth-order valence-electron chi connectivity index (χ4n) is 7.33. The molecule has 6 heteroatoms. The molecule has 0 bridgehead atoms. The number of allylic oxidation sites excluding steroid dienone is 3. The average molecular weight is 461 g/mol. The third kappa shape index (κ3) is 3.81. The predicted molar refractivity (Wildman–Crippen MR) is 125 cm³/mol. The number of fused-ring (bicyclic) bond motifs is 5. The van der Waals surface area contributed by atoms with Gasteiger partial charge in [-0.15, -0.1) is 0 Å². The predicted octanol–water partition coefficient (Wildman–Crippen LogP) is 4.63. The topological polar surface area (TPSA) is 80.7 Å². The summed E-state index contributed by atoms with van der Waals surface area (Å²) in [5.41, 5.74) is -0.0102. The van der Waals surface area contributed by atoms with Crippen molar-refractivity contribution in [3.8, 4) is 0 Å². The molecule has 32 heavy (non-hydrogen) atoms. The number of aliphatic hydroxyl groups is 1. The molecule has 4 rings (SSSR count). The van der Waals surface area contributed by atoms with Gasteiger partial charge in [0, 0.05) is 30.9 Å². The van der Waals surface area contributed by atoms with E-state index >= 15 is 0 Å². The lowest BCUT2D eigenvalue weighted by Crippen LogP contribution is -2.58. The number of hydrogen-bond acceptors (Lipinski definition) is 6. The molecule has 0 heterocycles. The van der Waals surface area contributed by atoms with Crippen molar-refractivity contribution in [3.63, 3.8) is 0 Å². The number of carbonyl (C=O) groups excluding carboxylic acids is 3. The van der Waals surface area contributed by atoms with Crippen LogP contribution in [0.15, 0.2) is 23.8 Å². The Hall–Kier alpha value is -1.40. The minimum Gasteiger partial charge on any atom is -0.466 e. The molecular weight excluding hydrogens is 424 g/mol. The molecule has 2 fully saturated rings. The van der Waals surface area contributed by atoms with Crippen LogP contribution >= 0.6 is 11.8 Å². The largest absolute Gasteiger partial charge is 0.466 e. The van der Waals surface area contributed by atoms with Crippen LogP contribution in [-0.4, -0.2) is 39.4 Å². The van der Waals surface area contributed by atoms with Gasteiger partial charge in [-0.3, -0.25) is 14.4 Å². The highest BCUT2D eigenvalue weighted by atomic mass is 32.2. The first kappa shape index (κ1) is 23.7. The van der Waals surface area contributed by atoms with Crippen molar-refractivity contribution in [3.05, 3.63) is 23.8 Å². The Bertz CT molecular complexity index is 877. The van der Waals surface area contributed by atoms with Crippen molar-refractivity contribution in [1.29, 1.82) is 0 Å². The number of thioether (sulfide) groups is 1. The van der Waals surface area contributed by atoms with E-state index in [9.17, 15) is 19.5 Å². The Morgan fingerprint density at radius 1 is 1.25 bits per heavy atom. The van der Waals surface area contributed by atoms with Crippen LogP contribution in [0.4, 0.5) is 0 Å². The van der Waals surface area contributed by atoms with Crippen LogP contribution in [0.25, 0.3) is 0 Å². The van der Waals surface area contributed by atoms with Gasteiger partial charge in [-0.2, -0.15) is 0 Å². The van der Waals surface area contributed by atoms with E-state index in [1.165, 1.54) is 24.3 Å². The minimum atomic E-state index is -0.937. The van der Waals surface area contributed by atoms with Crippen molar-refractivity contribution in [2.24, 2.45) is 28.6 Å². The number of ketones is 1. The Morgan fingerprint density at radius 3 is 2.69 bits per heavy atom. The van der Waals surface area contributed by atoms with E-state index in [0.29, 0.717) is 31.8 Å². The van der Waals surface area contributed by atoms with Crippen LogP contribution < -0.4 is 0 Å². The SMILES string of the molecule is CC(=O)OCCC[C@]1(O)C=C[C@H]2[C@@H]3[C@H](SC(C)=O)CC4=CC(=O)CC[C@]4(C)[C@H]3CC[C@@]21C. The zero-order chi connectivity index (χ0) is 23.3. The highest BCUT2D eigenvalue weighted by molar-refractivity contribution is 8.14. The van der Waals surface area contributed by atoms with Crippen molar-refractivity contribution in [1.82, 2.24) is 0 Å². The van der Waals surface area contributed by atoms with Crippen LogP contribution in [0.1, 0.15) is 72.6 Å². The van der Waals surface area contributed by atoms with E-state index in [1.54, 1.807) is 6.92 Å². The van der Waals surface area contributed by atoms with Gasteiger partial charge in [0.15, 0.2) is 10.9 Å². The normalized spacial score (nSPS) is 42.5. The maximum absolute atomic E-state index is 12.2. The maximum Gasteiger partial charge on any atom is 0.302 e. The van der Waals surface area contributed by atoms with Gasteiger partial charge in [-0.25, -0.2) is 0 Å². The summed E-state index contributed by atoms with van der Waals surface area (Å²) >= 11 is 1.43. The molecule has 176 valence electrons. The molecule has 5 nitrogen and oxygen atoms in total. The number of carbonyl (C=O) groups is 3. The smallest absolute Gasteiger partial charge is 0.302 e. The lowest BCUT2D eigenvalue weighted by molar-refractivity contribution is -0.142. The molecule has 7 atom stereocenters. The quantitative estimate of drug-likeness (QED) is 0.366. The highest BCUT2D eigenvalue weighted by Gasteiger charge is 2.63. The van der Waals surface area contributed by atoms with Crippen LogP contribution in [0.2, 0.25) is 0 Å². The van der Waals surface area contributed by atoms with Gasteiger partial charge in [0.05, 0.1) is 12.2 Å². The van der Waals surface area contributed by atoms with E-state index in [4.69, 9.17) is 4.74 Å². The van der Waals surface area contributed by atoms with Crippen molar-refractivity contribution in [2.45, 2.75) is 83.5 Å². The van der Waals surface area contributed by atoms with Crippen molar-refractivity contribution >= 4 is 28.6 Å². The first-order valence-electron chi connectivity index (χ1n) is 12.0. The van der Waals surface area contributed by atoms with Crippen LogP contribution in [-0.2, 0) is 19.1 Å². The standard InChI is InChI=1S/C26H36O5S/c1-16(27)31-13-5-9-26(30)12-8-21-23-20(7-11-25(21,26)4)24(3)10-6-19(29)14-18(24)15-22(23)32-17(2)28/h8,12,14,20-23,30H,5-7,9-11,13,15H2,1-4H3/t20-,21-,22+,23+,24-,25-,26-/m0/s1. The number of rotatable bonds is 5. The van der Waals surface area contributed by atoms with Crippen LogP contribution in [0.3, 0.4) is 0 Å². The van der Waals surface area contributed by atoms with Gasteiger partial charge in [0.1, 0.15) is 0 Å². The number of hydrogen-bond donors (Lipinski definition) is 1. The summed E-state index contributed by atoms with van der Waals surface area (Å²) in [5.74, 6) is 0.798. The van der Waals surface area contributed by atoms with E-state index in [2.05, 4.69) is 19.9 Å². The molecule has 0 unspecified atom stereocenters. The molecule has 0 aromatic heterocycles. The fraction of sp³-hybridized carbons (Fsp3) is 0.731. The fourth-order valence-corrected chi connectivity index (χ4v) is 8.53. The highest BCUT2D eigenvalue weighted by Crippen LogP contribution is 2.67. The molecular formula is C26H36O5S. The van der Waals surface area contributed by atoms with Crippen molar-refractivity contribution < 1.29 is 24.2 Å². The molecule has 0 radical (unpaired) electrons. The lowest BCUT2D eigenvalue weighted by Gasteiger charge is -2.61. The summed E-state index contributed by atoms with van der Waals surface area (Å²) in [5, 5.41) is 12.0. The zero-order valence-corrected chi connectivity index (χ0v) is 20.5. The van der Waals surface area contributed by atoms with Gasteiger partial charge >= 0.3 is 5.97 Å². The molecule has 0 spiro atoms. The minimum absolute atomic E-state index is 0.00235. The number of esters is 1. The summed E-state index contributed by atoms with van der Waals surface area (Å²) in [6.07, 6.45) is 11.4. The molecule has 0 aliphatic heterocycles. The van der Waals surface area contributed by atoms with Gasteiger partial charge in [-0.05, 0) is 67.8 Å². The van der Waals surface area contributed by atoms with E-state index in [1.807, 2.05) is 12.2 Å². The molecule has 4 aliphatic carbocycles. The second kappa shape index (κ2) is 8.43. The number of ether oxygens (including phenoxy) is 1. The average Bonchev–Trinajstić information content (AvgIpc) is 2.97. The summed E-state index contributed by atoms with van der Waals surface area (Å²) in [4.78, 5) is 35.5. The zero-order valence-electron chi connectivity index (χ0n) is 19.7. The summed E-state index contributed by atoms with van der Waals surface area (Å²) in [7, 11) is 0.